The molecule has 3 heteroatoms. The van der Waals surface area contributed by atoms with E-state index < -0.39 is 0 Å². The lowest BCUT2D eigenvalue weighted by atomic mass is 10.0. The molecule has 1 N–H and O–H groups in total. The second-order valence-corrected chi connectivity index (χ2v) is 3.76. The van der Waals surface area contributed by atoms with Crippen molar-refractivity contribution in [3.63, 3.8) is 0 Å². The smallest absolute Gasteiger partial charge is 0.149 e. The zero-order valence-electron chi connectivity index (χ0n) is 9.79. The third-order valence-corrected chi connectivity index (χ3v) is 2.52. The number of carbonyl (C=O) groups is 1. The van der Waals surface area contributed by atoms with E-state index in [-0.39, 0.29) is 17.6 Å². The molecule has 1 atom stereocenters. The number of nitrogens with one attached hydrogen (secondary N) is 1. The number of hydrogen-bond acceptors (Lipinski definition) is 2. The van der Waals surface area contributed by atoms with Gasteiger partial charge in [-0.25, -0.2) is 4.39 Å². The van der Waals surface area contributed by atoms with Crippen LogP contribution in [0.4, 0.5) is 4.39 Å². The van der Waals surface area contributed by atoms with Crippen LogP contribution in [0, 0.1) is 5.82 Å². The largest absolute Gasteiger partial charge is 0.307 e. The molecule has 0 spiro atoms. The molecule has 0 saturated carbocycles. The lowest BCUT2D eigenvalue weighted by molar-refractivity contribution is -0.120. The van der Waals surface area contributed by atoms with Gasteiger partial charge in [-0.3, -0.25) is 4.79 Å². The summed E-state index contributed by atoms with van der Waals surface area (Å²) < 4.78 is 13.0. The summed E-state index contributed by atoms with van der Waals surface area (Å²) in [6.07, 6.45) is 1.06. The molecule has 0 amide bonds. The Balaban J connectivity index is 2.71. The zero-order chi connectivity index (χ0) is 12.0. The van der Waals surface area contributed by atoms with E-state index in [1.54, 1.807) is 6.07 Å². The first-order chi connectivity index (χ1) is 7.67. The maximum Gasteiger partial charge on any atom is 0.149 e. The van der Waals surface area contributed by atoms with Gasteiger partial charge in [-0.1, -0.05) is 26.0 Å². The molecule has 88 valence electrons. The van der Waals surface area contributed by atoms with Gasteiger partial charge in [-0.05, 0) is 30.7 Å². The molecular weight excluding hydrogens is 205 g/mol. The summed E-state index contributed by atoms with van der Waals surface area (Å²) in [4.78, 5) is 11.6. The number of halogens is 1. The minimum atomic E-state index is -0.253. The highest BCUT2D eigenvalue weighted by Crippen LogP contribution is 2.08. The van der Waals surface area contributed by atoms with Gasteiger partial charge in [0.25, 0.3) is 0 Å². The molecule has 1 rings (SSSR count). The predicted octanol–water partition coefficient (Wildman–Crippen LogP) is 2.33. The standard InChI is InChI=1S/C13H18FNO/c1-3-13(16)12(15-4-2)9-10-6-5-7-11(14)8-10/h5-8,12,15H,3-4,9H2,1-2H3/t12-/m1/s1. The number of rotatable bonds is 6. The van der Waals surface area contributed by atoms with Gasteiger partial charge in [0, 0.05) is 6.42 Å². The average Bonchev–Trinajstić information content (AvgIpc) is 2.27. The van der Waals surface area contributed by atoms with Crippen molar-refractivity contribution in [2.75, 3.05) is 6.54 Å². The molecule has 0 bridgehead atoms. The molecule has 0 unspecified atom stereocenters. The topological polar surface area (TPSA) is 29.1 Å². The maximum atomic E-state index is 13.0. The van der Waals surface area contributed by atoms with E-state index >= 15 is 0 Å². The molecule has 0 aliphatic heterocycles. The Bertz CT molecular complexity index is 352. The minimum absolute atomic E-state index is 0.172. The van der Waals surface area contributed by atoms with Crippen molar-refractivity contribution < 1.29 is 9.18 Å². The number of ketones is 1. The van der Waals surface area contributed by atoms with Crippen molar-refractivity contribution in [3.8, 4) is 0 Å². The van der Waals surface area contributed by atoms with Gasteiger partial charge in [0.1, 0.15) is 11.6 Å². The van der Waals surface area contributed by atoms with Crippen molar-refractivity contribution in [2.45, 2.75) is 32.7 Å². The van der Waals surface area contributed by atoms with E-state index in [9.17, 15) is 9.18 Å². The van der Waals surface area contributed by atoms with E-state index in [1.165, 1.54) is 12.1 Å². The molecule has 0 radical (unpaired) electrons. The number of hydrogen-bond donors (Lipinski definition) is 1. The summed E-state index contributed by atoms with van der Waals surface area (Å²) in [5.41, 5.74) is 0.854. The molecule has 0 saturated heterocycles. The van der Waals surface area contributed by atoms with Crippen LogP contribution < -0.4 is 5.32 Å². The lowest BCUT2D eigenvalue weighted by Crippen LogP contribution is -2.38. The first-order valence-corrected chi connectivity index (χ1v) is 5.67. The van der Waals surface area contributed by atoms with E-state index in [2.05, 4.69) is 5.32 Å². The molecule has 0 aliphatic rings. The molecule has 0 heterocycles. The van der Waals surface area contributed by atoms with E-state index in [0.717, 1.165) is 12.1 Å². The lowest BCUT2D eigenvalue weighted by Gasteiger charge is -2.15. The fourth-order valence-corrected chi connectivity index (χ4v) is 1.69. The first kappa shape index (κ1) is 12.8. The second kappa shape index (κ2) is 6.38. The quantitative estimate of drug-likeness (QED) is 0.802. The summed E-state index contributed by atoms with van der Waals surface area (Å²) in [5, 5.41) is 3.13. The van der Waals surface area contributed by atoms with Crippen LogP contribution in [-0.4, -0.2) is 18.4 Å². The third kappa shape index (κ3) is 3.74. The minimum Gasteiger partial charge on any atom is -0.307 e. The van der Waals surface area contributed by atoms with E-state index in [0.29, 0.717) is 12.8 Å². The van der Waals surface area contributed by atoms with Gasteiger partial charge in [0.05, 0.1) is 6.04 Å². The molecule has 0 fully saturated rings. The molecule has 1 aromatic carbocycles. The van der Waals surface area contributed by atoms with Crippen molar-refractivity contribution in [2.24, 2.45) is 0 Å². The van der Waals surface area contributed by atoms with Gasteiger partial charge >= 0.3 is 0 Å². The molecule has 0 aromatic heterocycles. The summed E-state index contributed by atoms with van der Waals surface area (Å²) in [6, 6.07) is 6.21. The zero-order valence-corrected chi connectivity index (χ0v) is 9.79. The summed E-state index contributed by atoms with van der Waals surface area (Å²) in [7, 11) is 0. The van der Waals surface area contributed by atoms with Crippen molar-refractivity contribution in [1.29, 1.82) is 0 Å². The summed E-state index contributed by atoms with van der Waals surface area (Å²) >= 11 is 0. The van der Waals surface area contributed by atoms with Crippen LogP contribution >= 0.6 is 0 Å². The van der Waals surface area contributed by atoms with Crippen molar-refractivity contribution in [3.05, 3.63) is 35.6 Å². The Labute approximate surface area is 95.9 Å². The van der Waals surface area contributed by atoms with Crippen LogP contribution in [-0.2, 0) is 11.2 Å². The highest BCUT2D eigenvalue weighted by molar-refractivity contribution is 5.84. The van der Waals surface area contributed by atoms with Crippen LogP contribution in [0.5, 0.6) is 0 Å². The Hall–Kier alpha value is -1.22. The Morgan fingerprint density at radius 3 is 2.75 bits per heavy atom. The first-order valence-electron chi connectivity index (χ1n) is 5.67. The van der Waals surface area contributed by atoms with Crippen molar-refractivity contribution in [1.82, 2.24) is 5.32 Å². The van der Waals surface area contributed by atoms with Crippen LogP contribution in [0.1, 0.15) is 25.8 Å². The van der Waals surface area contributed by atoms with Crippen LogP contribution in [0.15, 0.2) is 24.3 Å². The van der Waals surface area contributed by atoms with Gasteiger partial charge in [0.15, 0.2) is 0 Å². The van der Waals surface area contributed by atoms with Crippen LogP contribution in [0.2, 0.25) is 0 Å². The monoisotopic (exact) mass is 223 g/mol. The Kier molecular flexibility index (Phi) is 5.12. The van der Waals surface area contributed by atoms with Crippen LogP contribution in [0.25, 0.3) is 0 Å². The maximum absolute atomic E-state index is 13.0. The summed E-state index contributed by atoms with van der Waals surface area (Å²) in [6.45, 7) is 4.55. The predicted molar refractivity (Wildman–Crippen MR) is 62.9 cm³/mol. The fraction of sp³-hybridized carbons (Fsp3) is 0.462. The highest BCUT2D eigenvalue weighted by atomic mass is 19.1. The Morgan fingerprint density at radius 1 is 1.44 bits per heavy atom. The summed E-state index contributed by atoms with van der Waals surface area (Å²) in [5.74, 6) is -0.0807. The van der Waals surface area contributed by atoms with Gasteiger partial charge in [0.2, 0.25) is 0 Å². The molecule has 16 heavy (non-hydrogen) atoms. The van der Waals surface area contributed by atoms with Gasteiger partial charge < -0.3 is 5.32 Å². The van der Waals surface area contributed by atoms with Gasteiger partial charge in [-0.2, -0.15) is 0 Å². The molecule has 2 nitrogen and oxygen atoms in total. The van der Waals surface area contributed by atoms with Gasteiger partial charge in [-0.15, -0.1) is 0 Å². The third-order valence-electron chi connectivity index (χ3n) is 2.52. The normalized spacial score (nSPS) is 12.4. The fourth-order valence-electron chi connectivity index (χ4n) is 1.69. The molecule has 1 aromatic rings. The second-order valence-electron chi connectivity index (χ2n) is 3.76. The average molecular weight is 223 g/mol. The van der Waals surface area contributed by atoms with E-state index in [4.69, 9.17) is 0 Å². The molecule has 0 aliphatic carbocycles. The highest BCUT2D eigenvalue weighted by Gasteiger charge is 2.15. The number of carbonyl (C=O) groups excluding carboxylic acids is 1. The number of benzene rings is 1. The van der Waals surface area contributed by atoms with E-state index in [1.807, 2.05) is 19.9 Å². The molecular formula is C13H18FNO. The van der Waals surface area contributed by atoms with Crippen LogP contribution in [0.3, 0.4) is 0 Å². The van der Waals surface area contributed by atoms with Crippen molar-refractivity contribution >= 4 is 5.78 Å². The number of likely N-dealkylation sites (N-methyl/N-ethyl adjacent to an activating group) is 1. The number of Topliss-reactive ketones (excluding diaryl/α,β-unsaturated/α-hetero) is 1. The Morgan fingerprint density at radius 2 is 2.19 bits per heavy atom. The SMILES string of the molecule is CCN[C@H](Cc1cccc(F)c1)C(=O)CC.